The van der Waals surface area contributed by atoms with Gasteiger partial charge in [0.25, 0.3) is 0 Å². The van der Waals surface area contributed by atoms with Gasteiger partial charge in [0.1, 0.15) is 0 Å². The maximum Gasteiger partial charge on any atom is 0.229 e. The fourth-order valence-electron chi connectivity index (χ4n) is 3.44. The third kappa shape index (κ3) is 4.83. The number of hydrogen-bond donors (Lipinski definition) is 1. The van der Waals surface area contributed by atoms with Crippen LogP contribution in [0.1, 0.15) is 66.7 Å². The summed E-state index contributed by atoms with van der Waals surface area (Å²) in [7, 11) is 0. The Labute approximate surface area is 127 Å². The molecule has 1 saturated heterocycles. The molecule has 0 bridgehead atoms. The molecule has 0 aromatic rings. The van der Waals surface area contributed by atoms with E-state index in [0.717, 1.165) is 0 Å². The van der Waals surface area contributed by atoms with Crippen molar-refractivity contribution in [1.82, 2.24) is 10.2 Å². The average Bonchev–Trinajstić information content (AvgIpc) is 2.25. The van der Waals surface area contributed by atoms with Crippen LogP contribution in [0.5, 0.6) is 0 Å². The molecule has 3 amide bonds. The number of rotatable bonds is 6. The van der Waals surface area contributed by atoms with Crippen LogP contribution in [0.25, 0.3) is 0 Å². The van der Waals surface area contributed by atoms with Crippen molar-refractivity contribution >= 4 is 17.7 Å². The molecule has 0 radical (unpaired) electrons. The molecule has 0 aromatic heterocycles. The van der Waals surface area contributed by atoms with Gasteiger partial charge in [0, 0.05) is 31.3 Å². The number of imide groups is 1. The highest BCUT2D eigenvalue weighted by Crippen LogP contribution is 2.36. The zero-order valence-corrected chi connectivity index (χ0v) is 13.9. The average molecular weight is 296 g/mol. The minimum Gasteiger partial charge on any atom is -0.356 e. The third-order valence-electron chi connectivity index (χ3n) is 3.81. The van der Waals surface area contributed by atoms with Crippen LogP contribution in [-0.2, 0) is 14.4 Å². The molecule has 5 heteroatoms. The molecule has 1 rings (SSSR count). The summed E-state index contributed by atoms with van der Waals surface area (Å²) in [6.45, 7) is 10.3. The van der Waals surface area contributed by atoms with Crippen molar-refractivity contribution < 1.29 is 14.4 Å². The van der Waals surface area contributed by atoms with Crippen LogP contribution in [0.2, 0.25) is 0 Å². The van der Waals surface area contributed by atoms with Gasteiger partial charge >= 0.3 is 0 Å². The normalized spacial score (nSPS) is 17.1. The van der Waals surface area contributed by atoms with Gasteiger partial charge in [0.15, 0.2) is 0 Å². The fraction of sp³-hybridized carbons (Fsp3) is 0.812. The Morgan fingerprint density at radius 2 is 1.67 bits per heavy atom. The van der Waals surface area contributed by atoms with Crippen molar-refractivity contribution in [2.24, 2.45) is 5.41 Å². The van der Waals surface area contributed by atoms with Gasteiger partial charge in [-0.2, -0.15) is 0 Å². The van der Waals surface area contributed by atoms with E-state index in [4.69, 9.17) is 0 Å². The first-order valence-electron chi connectivity index (χ1n) is 7.72. The molecule has 1 fully saturated rings. The van der Waals surface area contributed by atoms with E-state index in [1.807, 2.05) is 34.6 Å². The van der Waals surface area contributed by atoms with E-state index in [-0.39, 0.29) is 23.1 Å². The Kier molecular flexibility index (Phi) is 5.54. The summed E-state index contributed by atoms with van der Waals surface area (Å²) in [6, 6.07) is 0. The van der Waals surface area contributed by atoms with Gasteiger partial charge in [-0.3, -0.25) is 19.3 Å². The highest BCUT2D eigenvalue weighted by molar-refractivity contribution is 5.98. The van der Waals surface area contributed by atoms with E-state index in [0.29, 0.717) is 38.6 Å². The summed E-state index contributed by atoms with van der Waals surface area (Å²) in [4.78, 5) is 37.4. The number of nitrogens with zero attached hydrogens (tertiary/aromatic N) is 1. The summed E-state index contributed by atoms with van der Waals surface area (Å²) in [5.41, 5.74) is -0.842. The number of hydrogen-bond acceptors (Lipinski definition) is 3. The van der Waals surface area contributed by atoms with E-state index < -0.39 is 5.54 Å². The van der Waals surface area contributed by atoms with Crippen molar-refractivity contribution in [2.45, 2.75) is 72.3 Å². The number of carbonyl (C=O) groups excluding carboxylic acids is 3. The van der Waals surface area contributed by atoms with Crippen molar-refractivity contribution in [3.05, 3.63) is 0 Å². The number of nitrogens with one attached hydrogen (secondary N) is 1. The summed E-state index contributed by atoms with van der Waals surface area (Å²) in [5.74, 6) is -0.176. The van der Waals surface area contributed by atoms with E-state index in [1.54, 1.807) is 0 Å². The van der Waals surface area contributed by atoms with E-state index >= 15 is 0 Å². The second kappa shape index (κ2) is 6.58. The lowest BCUT2D eigenvalue weighted by atomic mass is 9.76. The van der Waals surface area contributed by atoms with Crippen molar-refractivity contribution in [3.63, 3.8) is 0 Å². The highest BCUT2D eigenvalue weighted by atomic mass is 16.2. The molecule has 0 aliphatic carbocycles. The van der Waals surface area contributed by atoms with Gasteiger partial charge in [0.05, 0.1) is 0 Å². The predicted molar refractivity (Wildman–Crippen MR) is 81.5 cm³/mol. The zero-order chi connectivity index (χ0) is 16.3. The summed E-state index contributed by atoms with van der Waals surface area (Å²) < 4.78 is 0. The van der Waals surface area contributed by atoms with E-state index in [1.165, 1.54) is 4.90 Å². The van der Waals surface area contributed by atoms with Crippen molar-refractivity contribution in [3.8, 4) is 0 Å². The molecule has 0 saturated carbocycles. The Hall–Kier alpha value is -1.39. The molecule has 1 heterocycles. The first-order chi connectivity index (χ1) is 9.59. The third-order valence-corrected chi connectivity index (χ3v) is 3.81. The van der Waals surface area contributed by atoms with Crippen molar-refractivity contribution in [2.75, 3.05) is 6.54 Å². The van der Waals surface area contributed by atoms with Crippen LogP contribution in [0, 0.1) is 5.41 Å². The molecule has 0 atom stereocenters. The SMILES string of the molecule is CCNC(=O)CC(C)(C)CC(C)(C)N1C(=O)CCCC1=O. The molecule has 5 nitrogen and oxygen atoms in total. The first-order valence-corrected chi connectivity index (χ1v) is 7.72. The Morgan fingerprint density at radius 1 is 1.14 bits per heavy atom. The lowest BCUT2D eigenvalue weighted by molar-refractivity contribution is -0.155. The number of carbonyl (C=O) groups is 3. The fourth-order valence-corrected chi connectivity index (χ4v) is 3.44. The lowest BCUT2D eigenvalue weighted by Crippen LogP contribution is -2.54. The monoisotopic (exact) mass is 296 g/mol. The van der Waals surface area contributed by atoms with Crippen LogP contribution < -0.4 is 5.32 Å². The first kappa shape index (κ1) is 17.7. The van der Waals surface area contributed by atoms with Gasteiger partial charge in [-0.05, 0) is 39.0 Å². The molecular formula is C16H28N2O3. The van der Waals surface area contributed by atoms with Crippen LogP contribution >= 0.6 is 0 Å². The summed E-state index contributed by atoms with van der Waals surface area (Å²) >= 11 is 0. The van der Waals surface area contributed by atoms with Crippen LogP contribution in [0.4, 0.5) is 0 Å². The molecule has 120 valence electrons. The standard InChI is InChI=1S/C16H28N2O3/c1-6-17-12(19)10-15(2,3)11-16(4,5)18-13(20)8-7-9-14(18)21/h6-11H2,1-5H3,(H,17,19). The van der Waals surface area contributed by atoms with Gasteiger partial charge < -0.3 is 5.32 Å². The quantitative estimate of drug-likeness (QED) is 0.764. The van der Waals surface area contributed by atoms with Gasteiger partial charge in [0.2, 0.25) is 17.7 Å². The maximum atomic E-state index is 12.1. The molecule has 1 aliphatic rings. The topological polar surface area (TPSA) is 66.5 Å². The molecule has 0 aromatic carbocycles. The van der Waals surface area contributed by atoms with Crippen LogP contribution in [0.3, 0.4) is 0 Å². The molecule has 0 spiro atoms. The van der Waals surface area contributed by atoms with Gasteiger partial charge in [-0.1, -0.05) is 13.8 Å². The lowest BCUT2D eigenvalue weighted by Gasteiger charge is -2.43. The predicted octanol–water partition coefficient (Wildman–Crippen LogP) is 2.25. The highest BCUT2D eigenvalue weighted by Gasteiger charge is 2.41. The number of piperidine rings is 1. The minimum atomic E-state index is -0.565. The maximum absolute atomic E-state index is 12.1. The molecule has 1 aliphatic heterocycles. The van der Waals surface area contributed by atoms with E-state index in [2.05, 4.69) is 5.32 Å². The Morgan fingerprint density at radius 3 is 2.14 bits per heavy atom. The summed E-state index contributed by atoms with van der Waals surface area (Å²) in [6.07, 6.45) is 2.51. The second-order valence-corrected chi connectivity index (χ2v) is 7.26. The Bertz CT molecular complexity index is 411. The van der Waals surface area contributed by atoms with E-state index in [9.17, 15) is 14.4 Å². The molecule has 21 heavy (non-hydrogen) atoms. The zero-order valence-electron chi connectivity index (χ0n) is 13.9. The van der Waals surface area contributed by atoms with Gasteiger partial charge in [-0.15, -0.1) is 0 Å². The van der Waals surface area contributed by atoms with Crippen LogP contribution in [0.15, 0.2) is 0 Å². The molecule has 0 unspecified atom stereocenters. The summed E-state index contributed by atoms with van der Waals surface area (Å²) in [5, 5.41) is 2.80. The number of likely N-dealkylation sites (tertiary alicyclic amines) is 1. The largest absolute Gasteiger partial charge is 0.356 e. The van der Waals surface area contributed by atoms with Crippen LogP contribution in [-0.4, -0.2) is 34.7 Å². The Balaban J connectivity index is 2.79. The molecule has 1 N–H and O–H groups in total. The van der Waals surface area contributed by atoms with Crippen molar-refractivity contribution in [1.29, 1.82) is 0 Å². The van der Waals surface area contributed by atoms with Gasteiger partial charge in [-0.25, -0.2) is 0 Å². The number of amides is 3. The minimum absolute atomic E-state index is 0.00889. The smallest absolute Gasteiger partial charge is 0.229 e. The molecular weight excluding hydrogens is 268 g/mol. The second-order valence-electron chi connectivity index (χ2n) is 7.26.